The van der Waals surface area contributed by atoms with Gasteiger partial charge in [0.25, 0.3) is 0 Å². The third-order valence-corrected chi connectivity index (χ3v) is 3.99. The molecule has 0 bridgehead atoms. The van der Waals surface area contributed by atoms with Gasteiger partial charge in [-0.15, -0.1) is 0 Å². The number of amides is 1. The fourth-order valence-corrected chi connectivity index (χ4v) is 2.86. The van der Waals surface area contributed by atoms with Crippen LogP contribution in [0.4, 0.5) is 0 Å². The highest BCUT2D eigenvalue weighted by Crippen LogP contribution is 2.34. The van der Waals surface area contributed by atoms with Crippen LogP contribution in [0.2, 0.25) is 10.0 Å². The van der Waals surface area contributed by atoms with Gasteiger partial charge in [0.2, 0.25) is 5.91 Å². The zero-order valence-corrected chi connectivity index (χ0v) is 12.8. The minimum Gasteiger partial charge on any atom is -0.370 e. The minimum absolute atomic E-state index is 0.0172. The third kappa shape index (κ3) is 3.97. The van der Waals surface area contributed by atoms with Crippen molar-refractivity contribution in [2.24, 2.45) is 5.73 Å². The van der Waals surface area contributed by atoms with Crippen LogP contribution < -0.4 is 16.4 Å². The number of benzene rings is 1. The van der Waals surface area contributed by atoms with Crippen molar-refractivity contribution < 1.29 is 4.79 Å². The smallest absolute Gasteiger partial charge is 0.231 e. The van der Waals surface area contributed by atoms with Crippen molar-refractivity contribution in [3.63, 3.8) is 0 Å². The Morgan fingerprint density at radius 2 is 2.19 bits per heavy atom. The molecule has 0 unspecified atom stereocenters. The van der Waals surface area contributed by atoms with Crippen LogP contribution in [-0.4, -0.2) is 25.0 Å². The summed E-state index contributed by atoms with van der Waals surface area (Å²) in [6.07, 6.45) is 2.94. The van der Waals surface area contributed by atoms with Gasteiger partial charge in [0.05, 0.1) is 11.4 Å². The molecule has 7 heteroatoms. The van der Waals surface area contributed by atoms with E-state index in [2.05, 4.69) is 16.7 Å². The second-order valence-electron chi connectivity index (χ2n) is 4.71. The quantitative estimate of drug-likeness (QED) is 0.505. The second kappa shape index (κ2) is 6.93. The number of hydrogen-bond donors (Lipinski definition) is 4. The number of guanidine groups is 1. The highest BCUT2D eigenvalue weighted by Gasteiger charge is 2.17. The lowest BCUT2D eigenvalue weighted by Crippen LogP contribution is -2.36. The van der Waals surface area contributed by atoms with Crippen LogP contribution in [0.3, 0.4) is 0 Å². The Morgan fingerprint density at radius 1 is 1.43 bits per heavy atom. The van der Waals surface area contributed by atoms with Crippen LogP contribution in [0.5, 0.6) is 0 Å². The number of carbonyl (C=O) groups excluding carboxylic acids is 1. The van der Waals surface area contributed by atoms with Gasteiger partial charge in [0, 0.05) is 11.6 Å². The lowest BCUT2D eigenvalue weighted by atomic mass is 9.97. The summed E-state index contributed by atoms with van der Waals surface area (Å²) in [5, 5.41) is 13.4. The summed E-state index contributed by atoms with van der Waals surface area (Å²) < 4.78 is 0. The first-order chi connectivity index (χ1) is 9.99. The molecule has 0 spiro atoms. The first-order valence-electron chi connectivity index (χ1n) is 6.50. The van der Waals surface area contributed by atoms with Crippen LogP contribution in [0.15, 0.2) is 18.2 Å². The minimum atomic E-state index is -0.414. The lowest BCUT2D eigenvalue weighted by molar-refractivity contribution is -0.119. The maximum Gasteiger partial charge on any atom is 0.231 e. The molecule has 5 nitrogen and oxygen atoms in total. The molecule has 0 saturated heterocycles. The molecule has 0 atom stereocenters. The Bertz CT molecular complexity index is 613. The zero-order chi connectivity index (χ0) is 15.4. The van der Waals surface area contributed by atoms with Crippen molar-refractivity contribution in [2.45, 2.75) is 12.8 Å². The maximum atomic E-state index is 11.7. The third-order valence-electron chi connectivity index (χ3n) is 3.21. The highest BCUT2D eigenvalue weighted by atomic mass is 35.5. The molecule has 112 valence electrons. The molecule has 1 amide bonds. The Labute approximate surface area is 133 Å². The van der Waals surface area contributed by atoms with E-state index in [4.69, 9.17) is 34.3 Å². The molecule has 1 aliphatic heterocycles. The van der Waals surface area contributed by atoms with Crippen molar-refractivity contribution >= 4 is 40.6 Å². The van der Waals surface area contributed by atoms with E-state index in [0.717, 1.165) is 30.6 Å². The first-order valence-corrected chi connectivity index (χ1v) is 7.25. The largest absolute Gasteiger partial charge is 0.370 e. The lowest BCUT2D eigenvalue weighted by Gasteiger charge is -2.17. The standard InChI is InChI=1S/C14H16Cl2N4O/c15-11-2-1-9(8-3-5-19-6-4-8)13(16)10(11)7-12(21)20-14(17)18/h1-3,19H,4-7H2,(H4,17,18,20,21). The van der Waals surface area contributed by atoms with E-state index in [-0.39, 0.29) is 6.42 Å². The van der Waals surface area contributed by atoms with E-state index in [1.165, 1.54) is 0 Å². The van der Waals surface area contributed by atoms with Gasteiger partial charge >= 0.3 is 0 Å². The van der Waals surface area contributed by atoms with Crippen molar-refractivity contribution in [1.82, 2.24) is 10.6 Å². The van der Waals surface area contributed by atoms with E-state index in [0.29, 0.717) is 15.6 Å². The van der Waals surface area contributed by atoms with Crippen LogP contribution >= 0.6 is 23.2 Å². The Balaban J connectivity index is 2.30. The molecule has 1 aliphatic rings. The maximum absolute atomic E-state index is 11.7. The summed E-state index contributed by atoms with van der Waals surface area (Å²) in [6, 6.07) is 3.61. The second-order valence-corrected chi connectivity index (χ2v) is 5.49. The number of nitrogens with two attached hydrogens (primary N) is 1. The van der Waals surface area contributed by atoms with E-state index < -0.39 is 11.9 Å². The monoisotopic (exact) mass is 326 g/mol. The predicted molar refractivity (Wildman–Crippen MR) is 85.7 cm³/mol. The number of halogens is 2. The summed E-state index contributed by atoms with van der Waals surface area (Å²) in [7, 11) is 0. The number of rotatable bonds is 3. The van der Waals surface area contributed by atoms with Gasteiger partial charge in [-0.05, 0) is 35.7 Å². The molecule has 0 aromatic heterocycles. The average molecular weight is 327 g/mol. The number of carbonyl (C=O) groups is 1. The summed E-state index contributed by atoms with van der Waals surface area (Å²) >= 11 is 12.6. The fourth-order valence-electron chi connectivity index (χ4n) is 2.23. The molecule has 0 saturated carbocycles. The molecule has 0 fully saturated rings. The average Bonchev–Trinajstić information content (AvgIpc) is 2.43. The molecule has 21 heavy (non-hydrogen) atoms. The van der Waals surface area contributed by atoms with Gasteiger partial charge in [0.15, 0.2) is 5.96 Å². The van der Waals surface area contributed by atoms with Crippen LogP contribution in [0.25, 0.3) is 5.57 Å². The summed E-state index contributed by atoms with van der Waals surface area (Å²) in [4.78, 5) is 11.7. The Morgan fingerprint density at radius 3 is 2.81 bits per heavy atom. The summed E-state index contributed by atoms with van der Waals surface area (Å²) in [6.45, 7) is 1.69. The van der Waals surface area contributed by atoms with Gasteiger partial charge in [-0.3, -0.25) is 15.5 Å². The molecule has 2 rings (SSSR count). The Kier molecular flexibility index (Phi) is 5.22. The normalized spacial score (nSPS) is 14.5. The van der Waals surface area contributed by atoms with Crippen molar-refractivity contribution in [3.05, 3.63) is 39.4 Å². The Hall–Kier alpha value is -1.56. The van der Waals surface area contributed by atoms with E-state index in [1.54, 1.807) is 6.07 Å². The number of hydrogen-bond acceptors (Lipinski definition) is 3. The molecule has 5 N–H and O–H groups in total. The van der Waals surface area contributed by atoms with Crippen molar-refractivity contribution in [3.8, 4) is 0 Å². The van der Waals surface area contributed by atoms with Crippen molar-refractivity contribution in [2.75, 3.05) is 13.1 Å². The SMILES string of the molecule is N=C(N)NC(=O)Cc1c(Cl)ccc(C2=CCNCC2)c1Cl. The predicted octanol–water partition coefficient (Wildman–Crippen LogP) is 1.92. The number of nitrogens with one attached hydrogen (secondary N) is 3. The molecule has 0 aliphatic carbocycles. The van der Waals surface area contributed by atoms with Gasteiger partial charge < -0.3 is 11.1 Å². The van der Waals surface area contributed by atoms with E-state index >= 15 is 0 Å². The highest BCUT2D eigenvalue weighted by molar-refractivity contribution is 6.37. The molecular formula is C14H16Cl2N4O. The molecular weight excluding hydrogens is 311 g/mol. The molecule has 1 heterocycles. The van der Waals surface area contributed by atoms with Crippen molar-refractivity contribution in [1.29, 1.82) is 5.41 Å². The van der Waals surface area contributed by atoms with E-state index in [1.807, 2.05) is 6.07 Å². The summed E-state index contributed by atoms with van der Waals surface area (Å²) in [5.41, 5.74) is 7.73. The van der Waals surface area contributed by atoms with Crippen LogP contribution in [-0.2, 0) is 11.2 Å². The first kappa shape index (κ1) is 15.8. The van der Waals surface area contributed by atoms with Crippen LogP contribution in [0.1, 0.15) is 17.5 Å². The molecule has 0 radical (unpaired) electrons. The van der Waals surface area contributed by atoms with E-state index in [9.17, 15) is 4.79 Å². The topological polar surface area (TPSA) is 91.0 Å². The van der Waals surface area contributed by atoms with Gasteiger partial charge in [-0.2, -0.15) is 0 Å². The molecule has 1 aromatic rings. The zero-order valence-electron chi connectivity index (χ0n) is 11.3. The molecule has 1 aromatic carbocycles. The summed E-state index contributed by atoms with van der Waals surface area (Å²) in [5.74, 6) is -0.813. The van der Waals surface area contributed by atoms with Gasteiger partial charge in [-0.1, -0.05) is 35.3 Å². The fraction of sp³-hybridized carbons (Fsp3) is 0.286. The van der Waals surface area contributed by atoms with Gasteiger partial charge in [-0.25, -0.2) is 0 Å². The van der Waals surface area contributed by atoms with Gasteiger partial charge in [0.1, 0.15) is 0 Å². The van der Waals surface area contributed by atoms with Crippen LogP contribution in [0, 0.1) is 5.41 Å².